The number of benzene rings is 3. The van der Waals surface area contributed by atoms with Crippen LogP contribution < -0.4 is 14.8 Å². The Balaban J connectivity index is 1.75. The van der Waals surface area contributed by atoms with Gasteiger partial charge in [0.05, 0.1) is 19.8 Å². The van der Waals surface area contributed by atoms with E-state index in [2.05, 4.69) is 5.32 Å². The molecule has 0 fully saturated rings. The molecule has 3 aromatic carbocycles. The summed E-state index contributed by atoms with van der Waals surface area (Å²) >= 11 is 0. The van der Waals surface area contributed by atoms with Gasteiger partial charge in [0.25, 0.3) is 11.8 Å². The highest BCUT2D eigenvalue weighted by molar-refractivity contribution is 6.04. The van der Waals surface area contributed by atoms with E-state index < -0.39 is 0 Å². The average molecular weight is 433 g/mol. The van der Waals surface area contributed by atoms with E-state index in [-0.39, 0.29) is 17.9 Å². The predicted octanol–water partition coefficient (Wildman–Crippen LogP) is 5.18. The van der Waals surface area contributed by atoms with Gasteiger partial charge in [-0.05, 0) is 61.9 Å². The molecule has 3 rings (SSSR count). The van der Waals surface area contributed by atoms with E-state index >= 15 is 0 Å². The van der Waals surface area contributed by atoms with Crippen LogP contribution in [0.1, 0.15) is 46.2 Å². The van der Waals surface area contributed by atoms with Crippen LogP contribution in [0, 0.1) is 0 Å². The molecular formula is C26H28N2O4. The van der Waals surface area contributed by atoms with Gasteiger partial charge in [-0.1, -0.05) is 30.3 Å². The van der Waals surface area contributed by atoms with Gasteiger partial charge in [0, 0.05) is 23.9 Å². The first-order valence-corrected chi connectivity index (χ1v) is 10.5. The maximum atomic E-state index is 13.1. The van der Waals surface area contributed by atoms with Crippen molar-refractivity contribution in [3.8, 4) is 11.5 Å². The molecule has 32 heavy (non-hydrogen) atoms. The molecule has 1 atom stereocenters. The minimum atomic E-state index is -0.214. The fourth-order valence-electron chi connectivity index (χ4n) is 3.35. The van der Waals surface area contributed by atoms with E-state index in [1.165, 1.54) is 0 Å². The van der Waals surface area contributed by atoms with Crippen molar-refractivity contribution in [3.05, 3.63) is 89.5 Å². The Hall–Kier alpha value is -3.80. The minimum absolute atomic E-state index is 0.141. The molecule has 6 heteroatoms. The van der Waals surface area contributed by atoms with Crippen molar-refractivity contribution in [2.24, 2.45) is 0 Å². The quantitative estimate of drug-likeness (QED) is 0.533. The smallest absolute Gasteiger partial charge is 0.255 e. The molecule has 1 N–H and O–H groups in total. The van der Waals surface area contributed by atoms with Gasteiger partial charge in [-0.3, -0.25) is 9.59 Å². The zero-order valence-corrected chi connectivity index (χ0v) is 18.8. The summed E-state index contributed by atoms with van der Waals surface area (Å²) in [6, 6.07) is 21.5. The van der Waals surface area contributed by atoms with Gasteiger partial charge in [0.2, 0.25) is 0 Å². The van der Waals surface area contributed by atoms with Crippen LogP contribution in [-0.2, 0) is 0 Å². The predicted molar refractivity (Wildman–Crippen MR) is 126 cm³/mol. The van der Waals surface area contributed by atoms with Crippen LogP contribution in [0.3, 0.4) is 0 Å². The molecule has 0 saturated carbocycles. The first kappa shape index (κ1) is 22.9. The van der Waals surface area contributed by atoms with Crippen molar-refractivity contribution < 1.29 is 19.1 Å². The Labute approximate surface area is 188 Å². The van der Waals surface area contributed by atoms with Crippen LogP contribution in [0.5, 0.6) is 11.5 Å². The van der Waals surface area contributed by atoms with Crippen LogP contribution >= 0.6 is 0 Å². The molecule has 0 heterocycles. The van der Waals surface area contributed by atoms with E-state index in [0.29, 0.717) is 34.9 Å². The lowest BCUT2D eigenvalue weighted by molar-refractivity contribution is 0.0742. The molecular weight excluding hydrogens is 404 g/mol. The second-order valence-electron chi connectivity index (χ2n) is 7.34. The molecule has 0 bridgehead atoms. The highest BCUT2D eigenvalue weighted by atomic mass is 16.5. The third-order valence-electron chi connectivity index (χ3n) is 5.27. The summed E-state index contributed by atoms with van der Waals surface area (Å²) in [5.74, 6) is 0.798. The fraction of sp³-hybridized carbons (Fsp3) is 0.231. The van der Waals surface area contributed by atoms with Gasteiger partial charge >= 0.3 is 0 Å². The summed E-state index contributed by atoms with van der Waals surface area (Å²) in [6.45, 7) is 4.35. The van der Waals surface area contributed by atoms with Crippen LogP contribution in [0.15, 0.2) is 72.8 Å². The summed E-state index contributed by atoms with van der Waals surface area (Å²) in [5, 5.41) is 2.91. The molecule has 6 nitrogen and oxygen atoms in total. The second-order valence-corrected chi connectivity index (χ2v) is 7.34. The fourth-order valence-corrected chi connectivity index (χ4v) is 3.35. The number of anilines is 1. The van der Waals surface area contributed by atoms with Crippen LogP contribution in [-0.4, -0.2) is 37.5 Å². The zero-order chi connectivity index (χ0) is 23.1. The van der Waals surface area contributed by atoms with Crippen LogP contribution in [0.25, 0.3) is 0 Å². The van der Waals surface area contributed by atoms with Crippen molar-refractivity contribution in [1.82, 2.24) is 4.90 Å². The first-order valence-electron chi connectivity index (χ1n) is 10.5. The van der Waals surface area contributed by atoms with Gasteiger partial charge in [-0.25, -0.2) is 0 Å². The number of ether oxygens (including phenoxy) is 2. The maximum Gasteiger partial charge on any atom is 0.255 e. The Kier molecular flexibility index (Phi) is 7.49. The number of carbonyl (C=O) groups is 2. The molecule has 0 saturated heterocycles. The lowest BCUT2D eigenvalue weighted by Gasteiger charge is -2.26. The Morgan fingerprint density at radius 1 is 0.938 bits per heavy atom. The molecule has 0 aliphatic rings. The van der Waals surface area contributed by atoms with Crippen molar-refractivity contribution in [1.29, 1.82) is 0 Å². The van der Waals surface area contributed by atoms with Crippen molar-refractivity contribution in [2.75, 3.05) is 26.1 Å². The Morgan fingerprint density at radius 2 is 1.69 bits per heavy atom. The lowest BCUT2D eigenvalue weighted by Crippen LogP contribution is -2.29. The van der Waals surface area contributed by atoms with Gasteiger partial charge in [0.15, 0.2) is 11.5 Å². The zero-order valence-electron chi connectivity index (χ0n) is 18.8. The molecule has 0 unspecified atom stereocenters. The molecule has 0 aliphatic carbocycles. The minimum Gasteiger partial charge on any atom is -0.493 e. The number of amides is 2. The van der Waals surface area contributed by atoms with Gasteiger partial charge in [-0.15, -0.1) is 0 Å². The topological polar surface area (TPSA) is 67.9 Å². The van der Waals surface area contributed by atoms with E-state index in [1.54, 1.807) is 49.4 Å². The van der Waals surface area contributed by atoms with Crippen molar-refractivity contribution in [3.63, 3.8) is 0 Å². The summed E-state index contributed by atoms with van der Waals surface area (Å²) in [7, 11) is 3.30. The number of nitrogens with zero attached hydrogens (tertiary/aromatic N) is 1. The van der Waals surface area contributed by atoms with Gasteiger partial charge < -0.3 is 19.7 Å². The number of carbonyl (C=O) groups excluding carboxylic acids is 2. The number of rotatable bonds is 8. The molecule has 0 radical (unpaired) electrons. The van der Waals surface area contributed by atoms with Crippen LogP contribution in [0.2, 0.25) is 0 Å². The van der Waals surface area contributed by atoms with Gasteiger partial charge in [-0.2, -0.15) is 0 Å². The van der Waals surface area contributed by atoms with Gasteiger partial charge in [0.1, 0.15) is 0 Å². The third kappa shape index (κ3) is 5.27. The third-order valence-corrected chi connectivity index (χ3v) is 5.27. The molecule has 3 aromatic rings. The SMILES string of the molecule is CCOc1ccc(C(=O)N(C)[C@@H](C)c2cccc(NC(=O)c3ccccc3)c2)cc1OC. The number of nitrogens with one attached hydrogen (secondary N) is 1. The van der Waals surface area contributed by atoms with E-state index in [1.807, 2.05) is 56.3 Å². The van der Waals surface area contributed by atoms with E-state index in [4.69, 9.17) is 9.47 Å². The lowest BCUT2D eigenvalue weighted by atomic mass is 10.0. The monoisotopic (exact) mass is 432 g/mol. The van der Waals surface area contributed by atoms with E-state index in [9.17, 15) is 9.59 Å². The highest BCUT2D eigenvalue weighted by Crippen LogP contribution is 2.30. The summed E-state index contributed by atoms with van der Waals surface area (Å²) in [6.07, 6.45) is 0. The standard InChI is InChI=1S/C26H28N2O4/c1-5-32-23-15-14-21(17-24(23)31-4)26(30)28(3)18(2)20-12-9-13-22(16-20)27-25(29)19-10-7-6-8-11-19/h6-18H,5H2,1-4H3,(H,27,29)/t18-/m0/s1. The summed E-state index contributed by atoms with van der Waals surface area (Å²) in [5.41, 5.74) is 2.67. The maximum absolute atomic E-state index is 13.1. The van der Waals surface area contributed by atoms with Crippen LogP contribution in [0.4, 0.5) is 5.69 Å². The molecule has 0 aromatic heterocycles. The average Bonchev–Trinajstić information content (AvgIpc) is 2.83. The van der Waals surface area contributed by atoms with Crippen molar-refractivity contribution in [2.45, 2.75) is 19.9 Å². The first-order chi connectivity index (χ1) is 15.4. The van der Waals surface area contributed by atoms with E-state index in [0.717, 1.165) is 5.56 Å². The molecule has 166 valence electrons. The largest absolute Gasteiger partial charge is 0.493 e. The highest BCUT2D eigenvalue weighted by Gasteiger charge is 2.21. The summed E-state index contributed by atoms with van der Waals surface area (Å²) in [4.78, 5) is 27.2. The van der Waals surface area contributed by atoms with Crippen molar-refractivity contribution >= 4 is 17.5 Å². The number of methoxy groups -OCH3 is 1. The number of hydrogen-bond acceptors (Lipinski definition) is 4. The molecule has 2 amide bonds. The second kappa shape index (κ2) is 10.5. The summed E-state index contributed by atoms with van der Waals surface area (Å²) < 4.78 is 10.9. The Morgan fingerprint density at radius 3 is 2.38 bits per heavy atom. The molecule has 0 spiro atoms. The normalized spacial score (nSPS) is 11.4. The number of hydrogen-bond donors (Lipinski definition) is 1. The Bertz CT molecular complexity index is 1080. The molecule has 0 aliphatic heterocycles.